The van der Waals surface area contributed by atoms with E-state index in [1.54, 1.807) is 6.07 Å². The number of piperazine rings is 1. The van der Waals surface area contributed by atoms with Crippen molar-refractivity contribution >= 4 is 35.6 Å². The van der Waals surface area contributed by atoms with Gasteiger partial charge in [-0.2, -0.15) is 0 Å². The van der Waals surface area contributed by atoms with Crippen LogP contribution in [0.4, 0.5) is 10.1 Å². The molecule has 0 saturated carbocycles. The number of rotatable bonds is 8. The van der Waals surface area contributed by atoms with E-state index in [1.807, 2.05) is 19.1 Å². The molecule has 0 aromatic heterocycles. The van der Waals surface area contributed by atoms with Crippen molar-refractivity contribution in [2.75, 3.05) is 57.4 Å². The molecule has 1 atom stereocenters. The second kappa shape index (κ2) is 13.2. The molecule has 1 heterocycles. The molecule has 0 bridgehead atoms. The Morgan fingerprint density at radius 1 is 1.21 bits per heavy atom. The van der Waals surface area contributed by atoms with Crippen LogP contribution in [0, 0.1) is 11.7 Å². The Labute approximate surface area is 185 Å². The van der Waals surface area contributed by atoms with Crippen molar-refractivity contribution in [1.29, 1.82) is 0 Å². The Morgan fingerprint density at radius 3 is 2.50 bits per heavy atom. The van der Waals surface area contributed by atoms with E-state index in [2.05, 4.69) is 34.0 Å². The SMILES string of the molecule is CCNC(=NCC(O)COCC(C)C)N1CCN(c2ccccc2F)CC1.I. The zero-order valence-electron chi connectivity index (χ0n) is 17.1. The van der Waals surface area contributed by atoms with E-state index in [1.165, 1.54) is 6.07 Å². The molecule has 1 aromatic rings. The Bertz CT molecular complexity index is 595. The second-order valence-electron chi connectivity index (χ2n) is 7.21. The number of ether oxygens (including phenoxy) is 1. The van der Waals surface area contributed by atoms with Crippen LogP contribution < -0.4 is 10.2 Å². The number of aliphatic imine (C=N–C) groups is 1. The number of hydrogen-bond donors (Lipinski definition) is 2. The van der Waals surface area contributed by atoms with Gasteiger partial charge in [-0.3, -0.25) is 4.99 Å². The number of aliphatic hydroxyl groups excluding tert-OH is 1. The van der Waals surface area contributed by atoms with Gasteiger partial charge in [0.05, 0.1) is 24.9 Å². The van der Waals surface area contributed by atoms with Gasteiger partial charge in [-0.05, 0) is 25.0 Å². The average Bonchev–Trinajstić information content (AvgIpc) is 2.65. The first kappa shape index (κ1) is 24.9. The van der Waals surface area contributed by atoms with E-state index in [0.29, 0.717) is 31.4 Å². The highest BCUT2D eigenvalue weighted by Crippen LogP contribution is 2.20. The standard InChI is InChI=1S/C20H33FN4O2.HI/c1-4-22-20(23-13-17(26)15-27-14-16(2)3)25-11-9-24(10-12-25)19-8-6-5-7-18(19)21;/h5-8,16-17,26H,4,9-15H2,1-3H3,(H,22,23);1H. The van der Waals surface area contributed by atoms with Crippen LogP contribution in [0.25, 0.3) is 0 Å². The summed E-state index contributed by atoms with van der Waals surface area (Å²) in [6.07, 6.45) is -0.614. The van der Waals surface area contributed by atoms with Crippen molar-refractivity contribution in [3.8, 4) is 0 Å². The first-order valence-corrected chi connectivity index (χ1v) is 9.79. The summed E-state index contributed by atoms with van der Waals surface area (Å²) in [4.78, 5) is 8.77. The quantitative estimate of drug-likeness (QED) is 0.321. The second-order valence-corrected chi connectivity index (χ2v) is 7.21. The van der Waals surface area contributed by atoms with Crippen molar-refractivity contribution < 1.29 is 14.2 Å². The number of halogens is 2. The fourth-order valence-corrected chi connectivity index (χ4v) is 2.98. The zero-order chi connectivity index (χ0) is 19.6. The molecular formula is C20H34FIN4O2. The average molecular weight is 508 g/mol. The molecule has 0 aliphatic carbocycles. The van der Waals surface area contributed by atoms with Crippen LogP contribution in [0.2, 0.25) is 0 Å². The Kier molecular flexibility index (Phi) is 11.7. The molecule has 2 N–H and O–H groups in total. The van der Waals surface area contributed by atoms with E-state index in [0.717, 1.165) is 38.7 Å². The van der Waals surface area contributed by atoms with Crippen LogP contribution in [-0.2, 0) is 4.74 Å². The summed E-state index contributed by atoms with van der Waals surface area (Å²) >= 11 is 0. The van der Waals surface area contributed by atoms with Crippen molar-refractivity contribution in [2.45, 2.75) is 26.9 Å². The fourth-order valence-electron chi connectivity index (χ4n) is 2.98. The molecule has 6 nitrogen and oxygen atoms in total. The summed E-state index contributed by atoms with van der Waals surface area (Å²) in [5, 5.41) is 13.3. The Hall–Kier alpha value is -1.13. The Balaban J connectivity index is 0.00000392. The van der Waals surface area contributed by atoms with Gasteiger partial charge < -0.3 is 25.0 Å². The Morgan fingerprint density at radius 2 is 1.89 bits per heavy atom. The lowest BCUT2D eigenvalue weighted by Gasteiger charge is -2.37. The normalized spacial score (nSPS) is 16.1. The van der Waals surface area contributed by atoms with Crippen LogP contribution >= 0.6 is 24.0 Å². The van der Waals surface area contributed by atoms with Gasteiger partial charge in [-0.25, -0.2) is 4.39 Å². The predicted octanol–water partition coefficient (Wildman–Crippen LogP) is 2.56. The summed E-state index contributed by atoms with van der Waals surface area (Å²) in [5.74, 6) is 1.05. The number of nitrogens with one attached hydrogen (secondary N) is 1. The molecule has 8 heteroatoms. The van der Waals surface area contributed by atoms with Gasteiger partial charge in [0.15, 0.2) is 5.96 Å². The van der Waals surface area contributed by atoms with Gasteiger partial charge in [0, 0.05) is 39.3 Å². The van der Waals surface area contributed by atoms with Crippen molar-refractivity contribution in [1.82, 2.24) is 10.2 Å². The van der Waals surface area contributed by atoms with Gasteiger partial charge in [0.25, 0.3) is 0 Å². The van der Waals surface area contributed by atoms with Crippen LogP contribution in [0.1, 0.15) is 20.8 Å². The first-order valence-electron chi connectivity index (χ1n) is 9.79. The first-order chi connectivity index (χ1) is 13.0. The number of guanidine groups is 1. The van der Waals surface area contributed by atoms with E-state index < -0.39 is 6.10 Å². The van der Waals surface area contributed by atoms with Crippen LogP contribution in [0.15, 0.2) is 29.3 Å². The number of hydrogen-bond acceptors (Lipinski definition) is 4. The van der Waals surface area contributed by atoms with Crippen molar-refractivity contribution in [2.24, 2.45) is 10.9 Å². The minimum Gasteiger partial charge on any atom is -0.389 e. The molecule has 0 amide bonds. The maximum absolute atomic E-state index is 14.0. The molecule has 1 aliphatic rings. The summed E-state index contributed by atoms with van der Waals surface area (Å²) in [6, 6.07) is 6.88. The minimum absolute atomic E-state index is 0. The number of anilines is 1. The highest BCUT2D eigenvalue weighted by molar-refractivity contribution is 14.0. The van der Waals surface area contributed by atoms with E-state index in [9.17, 15) is 9.50 Å². The van der Waals surface area contributed by atoms with Gasteiger partial charge in [-0.1, -0.05) is 26.0 Å². The predicted molar refractivity (Wildman–Crippen MR) is 123 cm³/mol. The molecule has 0 radical (unpaired) electrons. The van der Waals surface area contributed by atoms with Gasteiger partial charge >= 0.3 is 0 Å². The third-order valence-corrected chi connectivity index (χ3v) is 4.32. The maximum atomic E-state index is 14.0. The third kappa shape index (κ3) is 8.08. The molecule has 1 fully saturated rings. The number of aliphatic hydroxyl groups is 1. The molecule has 1 unspecified atom stereocenters. The highest BCUT2D eigenvalue weighted by atomic mass is 127. The zero-order valence-corrected chi connectivity index (χ0v) is 19.4. The van der Waals surface area contributed by atoms with Crippen molar-refractivity contribution in [3.05, 3.63) is 30.1 Å². The molecule has 2 rings (SSSR count). The minimum atomic E-state index is -0.614. The number of benzene rings is 1. The molecule has 28 heavy (non-hydrogen) atoms. The van der Waals surface area contributed by atoms with E-state index in [4.69, 9.17) is 4.74 Å². The summed E-state index contributed by atoms with van der Waals surface area (Å²) in [5.41, 5.74) is 0.650. The topological polar surface area (TPSA) is 60.3 Å². The van der Waals surface area contributed by atoms with E-state index >= 15 is 0 Å². The molecule has 1 aliphatic heterocycles. The fraction of sp³-hybridized carbons (Fsp3) is 0.650. The molecular weight excluding hydrogens is 474 g/mol. The van der Waals surface area contributed by atoms with Crippen LogP contribution in [0.3, 0.4) is 0 Å². The lowest BCUT2D eigenvalue weighted by atomic mass is 10.2. The monoisotopic (exact) mass is 508 g/mol. The molecule has 1 aromatic carbocycles. The van der Waals surface area contributed by atoms with Gasteiger partial charge in [0.1, 0.15) is 5.82 Å². The van der Waals surface area contributed by atoms with Crippen LogP contribution in [0.5, 0.6) is 0 Å². The molecule has 1 saturated heterocycles. The third-order valence-electron chi connectivity index (χ3n) is 4.32. The number of para-hydroxylation sites is 1. The van der Waals surface area contributed by atoms with Gasteiger partial charge in [0.2, 0.25) is 0 Å². The summed E-state index contributed by atoms with van der Waals surface area (Å²) in [6.45, 7) is 11.1. The lowest BCUT2D eigenvalue weighted by Crippen LogP contribution is -2.53. The number of nitrogens with zero attached hydrogens (tertiary/aromatic N) is 3. The molecule has 0 spiro atoms. The smallest absolute Gasteiger partial charge is 0.194 e. The van der Waals surface area contributed by atoms with Gasteiger partial charge in [-0.15, -0.1) is 24.0 Å². The highest BCUT2D eigenvalue weighted by Gasteiger charge is 2.21. The largest absolute Gasteiger partial charge is 0.389 e. The maximum Gasteiger partial charge on any atom is 0.194 e. The summed E-state index contributed by atoms with van der Waals surface area (Å²) in [7, 11) is 0. The molecule has 160 valence electrons. The van der Waals surface area contributed by atoms with Crippen LogP contribution in [-0.4, -0.2) is 74.6 Å². The summed E-state index contributed by atoms with van der Waals surface area (Å²) < 4.78 is 19.5. The van der Waals surface area contributed by atoms with Crippen molar-refractivity contribution in [3.63, 3.8) is 0 Å². The lowest BCUT2D eigenvalue weighted by molar-refractivity contribution is 0.0300. The van der Waals surface area contributed by atoms with E-state index in [-0.39, 0.29) is 29.8 Å².